The summed E-state index contributed by atoms with van der Waals surface area (Å²) in [6.07, 6.45) is -0.0298. The van der Waals surface area contributed by atoms with Gasteiger partial charge >= 0.3 is 6.09 Å². The van der Waals surface area contributed by atoms with Crippen molar-refractivity contribution in [1.82, 2.24) is 5.32 Å². The summed E-state index contributed by atoms with van der Waals surface area (Å²) in [4.78, 5) is 10.9. The Kier molecular flexibility index (Phi) is 2.45. The number of ether oxygens (including phenoxy) is 1. The number of cyclic esters (lactones) is 1. The van der Waals surface area contributed by atoms with Gasteiger partial charge in [-0.3, -0.25) is 0 Å². The van der Waals surface area contributed by atoms with Crippen LogP contribution in [0.2, 0.25) is 0 Å². The highest BCUT2D eigenvalue weighted by atomic mass is 19.1. The van der Waals surface area contributed by atoms with Crippen molar-refractivity contribution < 1.29 is 19.0 Å². The maximum Gasteiger partial charge on any atom is 0.407 e. The van der Waals surface area contributed by atoms with Crippen molar-refractivity contribution in [2.45, 2.75) is 12.5 Å². The normalized spacial score (nSPS) is 20.6. The van der Waals surface area contributed by atoms with E-state index < -0.39 is 17.7 Å². The number of amides is 1. The van der Waals surface area contributed by atoms with Crippen molar-refractivity contribution in [3.63, 3.8) is 0 Å². The molecule has 0 aromatic heterocycles. The van der Waals surface area contributed by atoms with Gasteiger partial charge in [0, 0.05) is 12.0 Å². The molecule has 4 nitrogen and oxygen atoms in total. The highest BCUT2D eigenvalue weighted by Gasteiger charge is 2.23. The minimum Gasteiger partial charge on any atom is -0.505 e. The predicted octanol–water partition coefficient (Wildman–Crippen LogP) is 1.70. The Hall–Kier alpha value is -1.78. The molecular formula is C10H10FNO3. The fourth-order valence-electron chi connectivity index (χ4n) is 1.57. The van der Waals surface area contributed by atoms with Crippen LogP contribution in [0.5, 0.6) is 5.75 Å². The number of phenolic OH excluding ortho intramolecular Hbond substituents is 1. The molecule has 2 rings (SSSR count). The monoisotopic (exact) mass is 211 g/mol. The Morgan fingerprint density at radius 1 is 1.53 bits per heavy atom. The molecule has 1 saturated heterocycles. The third-order valence-corrected chi connectivity index (χ3v) is 2.33. The van der Waals surface area contributed by atoms with Crippen LogP contribution < -0.4 is 5.32 Å². The molecule has 1 heterocycles. The van der Waals surface area contributed by atoms with E-state index >= 15 is 0 Å². The number of hydrogen-bond donors (Lipinski definition) is 2. The Morgan fingerprint density at radius 3 is 3.07 bits per heavy atom. The summed E-state index contributed by atoms with van der Waals surface area (Å²) in [5, 5.41) is 12.0. The lowest BCUT2D eigenvalue weighted by molar-refractivity contribution is 0.115. The van der Waals surface area contributed by atoms with Crippen molar-refractivity contribution in [3.05, 3.63) is 29.6 Å². The summed E-state index contributed by atoms with van der Waals surface area (Å²) >= 11 is 0. The minimum atomic E-state index is -0.687. The van der Waals surface area contributed by atoms with Gasteiger partial charge in [0.25, 0.3) is 0 Å². The zero-order valence-electron chi connectivity index (χ0n) is 7.87. The van der Waals surface area contributed by atoms with Gasteiger partial charge in [0.15, 0.2) is 11.6 Å². The lowest BCUT2D eigenvalue weighted by Gasteiger charge is -2.24. The highest BCUT2D eigenvalue weighted by Crippen LogP contribution is 2.29. The molecule has 15 heavy (non-hydrogen) atoms. The lowest BCUT2D eigenvalue weighted by atomic mass is 10.0. The van der Waals surface area contributed by atoms with Gasteiger partial charge in [0.1, 0.15) is 0 Å². The molecule has 80 valence electrons. The first-order valence-electron chi connectivity index (χ1n) is 4.59. The first-order valence-corrected chi connectivity index (χ1v) is 4.59. The van der Waals surface area contributed by atoms with Crippen molar-refractivity contribution in [2.24, 2.45) is 0 Å². The summed E-state index contributed by atoms with van der Waals surface area (Å²) in [6, 6.07) is 3.85. The zero-order valence-corrected chi connectivity index (χ0v) is 7.87. The molecule has 5 heteroatoms. The number of para-hydroxylation sites is 1. The van der Waals surface area contributed by atoms with Gasteiger partial charge in [-0.25, -0.2) is 9.18 Å². The number of aromatic hydroxyl groups is 1. The van der Waals surface area contributed by atoms with Gasteiger partial charge in [-0.2, -0.15) is 0 Å². The van der Waals surface area contributed by atoms with Crippen LogP contribution >= 0.6 is 0 Å². The third kappa shape index (κ3) is 1.86. The van der Waals surface area contributed by atoms with E-state index in [0.29, 0.717) is 12.0 Å². The number of phenols is 1. The van der Waals surface area contributed by atoms with Crippen molar-refractivity contribution in [3.8, 4) is 5.75 Å². The van der Waals surface area contributed by atoms with Crippen molar-refractivity contribution in [1.29, 1.82) is 0 Å². The molecule has 0 bridgehead atoms. The van der Waals surface area contributed by atoms with E-state index in [2.05, 4.69) is 10.1 Å². The summed E-state index contributed by atoms with van der Waals surface area (Å²) in [7, 11) is 0. The number of rotatable bonds is 1. The standard InChI is InChI=1S/C10H10FNO3/c11-7-3-1-2-6(9(7)13)8-4-5-15-10(14)12-8/h1-3,8,13H,4-5H2,(H,12,14)/t8-/m1/s1. The van der Waals surface area contributed by atoms with Crippen LogP contribution in [0, 0.1) is 5.82 Å². The van der Waals surface area contributed by atoms with Crippen LogP contribution in [-0.2, 0) is 4.74 Å². The Balaban J connectivity index is 2.28. The van der Waals surface area contributed by atoms with E-state index in [1.165, 1.54) is 12.1 Å². The molecule has 2 N–H and O–H groups in total. The second-order valence-electron chi connectivity index (χ2n) is 3.30. The largest absolute Gasteiger partial charge is 0.505 e. The fourth-order valence-corrected chi connectivity index (χ4v) is 1.57. The molecule has 0 unspecified atom stereocenters. The number of hydrogen-bond acceptors (Lipinski definition) is 3. The number of carbonyl (C=O) groups excluding carboxylic acids is 1. The molecular weight excluding hydrogens is 201 g/mol. The molecule has 1 aliphatic rings. The number of nitrogens with one attached hydrogen (secondary N) is 1. The summed E-state index contributed by atoms with van der Waals surface area (Å²) in [6.45, 7) is 0.270. The van der Waals surface area contributed by atoms with Crippen LogP contribution in [-0.4, -0.2) is 17.8 Å². The predicted molar refractivity (Wildman–Crippen MR) is 49.9 cm³/mol. The van der Waals surface area contributed by atoms with Gasteiger partial charge in [-0.1, -0.05) is 12.1 Å². The molecule has 0 spiro atoms. The number of halogens is 1. The lowest BCUT2D eigenvalue weighted by Crippen LogP contribution is -2.35. The van der Waals surface area contributed by atoms with Crippen LogP contribution in [0.25, 0.3) is 0 Å². The third-order valence-electron chi connectivity index (χ3n) is 2.33. The van der Waals surface area contributed by atoms with Crippen LogP contribution in [0.3, 0.4) is 0 Å². The molecule has 0 aliphatic carbocycles. The molecule has 1 aliphatic heterocycles. The van der Waals surface area contributed by atoms with E-state index in [0.717, 1.165) is 0 Å². The minimum absolute atomic E-state index is 0.270. The van der Waals surface area contributed by atoms with Gasteiger partial charge < -0.3 is 15.2 Å². The highest BCUT2D eigenvalue weighted by molar-refractivity contribution is 5.68. The van der Waals surface area contributed by atoms with Crippen molar-refractivity contribution >= 4 is 6.09 Å². The zero-order chi connectivity index (χ0) is 10.8. The smallest absolute Gasteiger partial charge is 0.407 e. The SMILES string of the molecule is O=C1N[C@@H](c2cccc(F)c2O)CCO1. The second-order valence-corrected chi connectivity index (χ2v) is 3.30. The second kappa shape index (κ2) is 3.76. The van der Waals surface area contributed by atoms with Crippen LogP contribution in [0.4, 0.5) is 9.18 Å². The van der Waals surface area contributed by atoms with Crippen LogP contribution in [0.1, 0.15) is 18.0 Å². The van der Waals surface area contributed by atoms with E-state index in [4.69, 9.17) is 0 Å². The Bertz CT molecular complexity index is 394. The molecule has 0 radical (unpaired) electrons. The average molecular weight is 211 g/mol. The molecule has 1 atom stereocenters. The quantitative estimate of drug-likeness (QED) is 0.743. The van der Waals surface area contributed by atoms with E-state index in [-0.39, 0.29) is 12.6 Å². The first-order chi connectivity index (χ1) is 7.18. The van der Waals surface area contributed by atoms with Crippen molar-refractivity contribution in [2.75, 3.05) is 6.61 Å². The summed E-state index contributed by atoms with van der Waals surface area (Å²) in [5.41, 5.74) is 0.381. The number of carbonyl (C=O) groups is 1. The average Bonchev–Trinajstić information content (AvgIpc) is 2.22. The van der Waals surface area contributed by atoms with Gasteiger partial charge in [0.05, 0.1) is 12.6 Å². The number of alkyl carbamates (subject to hydrolysis) is 1. The fraction of sp³-hybridized carbons (Fsp3) is 0.300. The maximum absolute atomic E-state index is 13.0. The molecule has 1 aromatic rings. The maximum atomic E-state index is 13.0. The summed E-state index contributed by atoms with van der Waals surface area (Å²) < 4.78 is 17.7. The Labute approximate surface area is 85.7 Å². The Morgan fingerprint density at radius 2 is 2.33 bits per heavy atom. The van der Waals surface area contributed by atoms with E-state index in [1.54, 1.807) is 6.07 Å². The molecule has 1 fully saturated rings. The van der Waals surface area contributed by atoms with E-state index in [9.17, 15) is 14.3 Å². The molecule has 1 aromatic carbocycles. The first kappa shape index (κ1) is 9.76. The van der Waals surface area contributed by atoms with Gasteiger partial charge in [-0.15, -0.1) is 0 Å². The molecule has 0 saturated carbocycles. The van der Waals surface area contributed by atoms with Crippen LogP contribution in [0.15, 0.2) is 18.2 Å². The number of benzene rings is 1. The van der Waals surface area contributed by atoms with E-state index in [1.807, 2.05) is 0 Å². The topological polar surface area (TPSA) is 58.6 Å². The summed E-state index contributed by atoms with van der Waals surface area (Å²) in [5.74, 6) is -1.10. The van der Waals surface area contributed by atoms with Gasteiger partial charge in [0.2, 0.25) is 0 Å². The van der Waals surface area contributed by atoms with Gasteiger partial charge in [-0.05, 0) is 6.07 Å². The molecule has 1 amide bonds.